The molecule has 0 fully saturated rings. The molecule has 0 aromatic heterocycles. The van der Waals surface area contributed by atoms with Crippen LogP contribution in [0.25, 0.3) is 22.3 Å². The van der Waals surface area contributed by atoms with E-state index in [9.17, 15) is 0 Å². The third kappa shape index (κ3) is 5.07. The molecule has 0 radical (unpaired) electrons. The Kier molecular flexibility index (Phi) is 7.76. The van der Waals surface area contributed by atoms with Crippen molar-refractivity contribution >= 4 is 34.1 Å². The van der Waals surface area contributed by atoms with Crippen LogP contribution in [0, 0.1) is 27.7 Å². The van der Waals surface area contributed by atoms with Gasteiger partial charge in [-0.25, -0.2) is 0 Å². The van der Waals surface area contributed by atoms with Crippen molar-refractivity contribution in [3.63, 3.8) is 0 Å². The highest BCUT2D eigenvalue weighted by molar-refractivity contribution is 5.94. The molecule has 266 valence electrons. The second-order valence-corrected chi connectivity index (χ2v) is 16.5. The zero-order valence-corrected chi connectivity index (χ0v) is 32.8. The maximum atomic E-state index is 2.55. The average Bonchev–Trinajstić information content (AvgIpc) is 3.53. The summed E-state index contributed by atoms with van der Waals surface area (Å²) < 4.78 is 0. The van der Waals surface area contributed by atoms with Crippen LogP contribution in [0.4, 0.5) is 34.1 Å². The second kappa shape index (κ2) is 12.4. The Morgan fingerprint density at radius 2 is 0.685 bits per heavy atom. The summed E-state index contributed by atoms with van der Waals surface area (Å²) in [5.74, 6) is 0. The molecule has 7 aromatic rings. The van der Waals surface area contributed by atoms with Gasteiger partial charge < -0.3 is 9.80 Å². The van der Waals surface area contributed by atoms with Gasteiger partial charge in [0, 0.05) is 45.0 Å². The minimum atomic E-state index is -0.176. The van der Waals surface area contributed by atoms with Gasteiger partial charge in [-0.05, 0) is 167 Å². The smallest absolute Gasteiger partial charge is 0.0490 e. The highest BCUT2D eigenvalue weighted by Crippen LogP contribution is 2.59. The van der Waals surface area contributed by atoms with E-state index in [-0.39, 0.29) is 10.8 Å². The fourth-order valence-corrected chi connectivity index (χ4v) is 9.47. The third-order valence-corrected chi connectivity index (χ3v) is 12.3. The van der Waals surface area contributed by atoms with Crippen LogP contribution < -0.4 is 9.80 Å². The average molecular weight is 701 g/mol. The summed E-state index contributed by atoms with van der Waals surface area (Å²) in [6.07, 6.45) is 0. The van der Waals surface area contributed by atoms with E-state index in [0.29, 0.717) is 0 Å². The Balaban J connectivity index is 1.19. The molecule has 54 heavy (non-hydrogen) atoms. The van der Waals surface area contributed by atoms with Crippen LogP contribution in [0.2, 0.25) is 0 Å². The lowest BCUT2D eigenvalue weighted by Gasteiger charge is -2.30. The number of benzene rings is 7. The molecule has 0 bridgehead atoms. The fraction of sp³-hybridized carbons (Fsp3) is 0.192. The van der Waals surface area contributed by atoms with E-state index in [2.05, 4.69) is 211 Å². The topological polar surface area (TPSA) is 6.48 Å². The van der Waals surface area contributed by atoms with Crippen LogP contribution in [0.1, 0.15) is 72.2 Å². The zero-order chi connectivity index (χ0) is 37.5. The molecular weight excluding hydrogens is 653 g/mol. The van der Waals surface area contributed by atoms with Gasteiger partial charge in [-0.15, -0.1) is 0 Å². The van der Waals surface area contributed by atoms with Crippen molar-refractivity contribution in [2.24, 2.45) is 0 Å². The van der Waals surface area contributed by atoms with E-state index >= 15 is 0 Å². The van der Waals surface area contributed by atoms with E-state index < -0.39 is 0 Å². The van der Waals surface area contributed by atoms with Crippen LogP contribution in [0.5, 0.6) is 0 Å². The molecule has 2 nitrogen and oxygen atoms in total. The molecule has 0 saturated carbocycles. The van der Waals surface area contributed by atoms with Gasteiger partial charge >= 0.3 is 0 Å². The number of nitrogens with zero attached hydrogens (tertiary/aromatic N) is 2. The van der Waals surface area contributed by atoms with E-state index in [1.165, 1.54) is 101 Å². The molecule has 7 aromatic carbocycles. The molecule has 0 aliphatic heterocycles. The van der Waals surface area contributed by atoms with Crippen molar-refractivity contribution in [3.05, 3.63) is 190 Å². The largest absolute Gasteiger partial charge is 0.310 e. The van der Waals surface area contributed by atoms with E-state index in [4.69, 9.17) is 0 Å². The molecule has 0 spiro atoms. The Bertz CT molecular complexity index is 2410. The first-order chi connectivity index (χ1) is 26.0. The van der Waals surface area contributed by atoms with Gasteiger partial charge in [0.1, 0.15) is 0 Å². The number of fused-ring (bicyclic) bond motifs is 6. The first-order valence-corrected chi connectivity index (χ1v) is 19.3. The summed E-state index contributed by atoms with van der Waals surface area (Å²) in [6.45, 7) is 18.7. The number of hydrogen-bond donors (Lipinski definition) is 0. The first kappa shape index (κ1) is 33.9. The summed E-state index contributed by atoms with van der Waals surface area (Å²) in [5, 5.41) is 0. The quantitative estimate of drug-likeness (QED) is 0.170. The van der Waals surface area contributed by atoms with Crippen molar-refractivity contribution in [1.29, 1.82) is 0 Å². The lowest BCUT2D eigenvalue weighted by atomic mass is 9.79. The first-order valence-electron chi connectivity index (χ1n) is 19.3. The van der Waals surface area contributed by atoms with E-state index in [1.807, 2.05) is 0 Å². The lowest BCUT2D eigenvalue weighted by Crippen LogP contribution is -2.18. The Labute approximate surface area is 321 Å². The Morgan fingerprint density at radius 1 is 0.333 bits per heavy atom. The van der Waals surface area contributed by atoms with Gasteiger partial charge in [-0.1, -0.05) is 100 Å². The van der Waals surface area contributed by atoms with Crippen molar-refractivity contribution in [2.45, 2.75) is 66.2 Å². The fourth-order valence-electron chi connectivity index (χ4n) is 9.47. The second-order valence-electron chi connectivity index (χ2n) is 16.5. The zero-order valence-electron chi connectivity index (χ0n) is 32.8. The number of aryl methyl sites for hydroxylation is 4. The minimum absolute atomic E-state index is 0.176. The number of rotatable bonds is 6. The van der Waals surface area contributed by atoms with Gasteiger partial charge in [-0.3, -0.25) is 0 Å². The molecule has 2 aliphatic rings. The Hall–Kier alpha value is -5.86. The van der Waals surface area contributed by atoms with Gasteiger partial charge in [0.25, 0.3) is 0 Å². The van der Waals surface area contributed by atoms with Crippen LogP contribution >= 0.6 is 0 Å². The number of anilines is 6. The lowest BCUT2D eigenvalue weighted by molar-refractivity contribution is 0.652. The summed E-state index contributed by atoms with van der Waals surface area (Å²) in [5.41, 5.74) is 23.1. The molecule has 9 rings (SSSR count). The maximum absolute atomic E-state index is 2.55. The monoisotopic (exact) mass is 700 g/mol. The summed E-state index contributed by atoms with van der Waals surface area (Å²) >= 11 is 0. The van der Waals surface area contributed by atoms with Crippen LogP contribution in [-0.2, 0) is 10.8 Å². The SMILES string of the molecule is Cc1ccccc1N(c1ccccc1)c1cc(C)c2c(c1)C(C)(C)c1cc3c(cc1-2)C(C)(C)c1cc(N(c2ccccc2)c2ccccc2C)cc(C)c1-3. The van der Waals surface area contributed by atoms with Crippen molar-refractivity contribution in [2.75, 3.05) is 9.80 Å². The van der Waals surface area contributed by atoms with E-state index in [1.54, 1.807) is 0 Å². The Morgan fingerprint density at radius 3 is 1.06 bits per heavy atom. The number of para-hydroxylation sites is 4. The minimum Gasteiger partial charge on any atom is -0.310 e. The third-order valence-electron chi connectivity index (χ3n) is 12.3. The van der Waals surface area contributed by atoms with Gasteiger partial charge in [0.15, 0.2) is 0 Å². The molecule has 0 N–H and O–H groups in total. The van der Waals surface area contributed by atoms with Gasteiger partial charge in [0.2, 0.25) is 0 Å². The maximum Gasteiger partial charge on any atom is 0.0490 e. The molecule has 2 aliphatic carbocycles. The highest BCUT2D eigenvalue weighted by atomic mass is 15.1. The van der Waals surface area contributed by atoms with Gasteiger partial charge in [-0.2, -0.15) is 0 Å². The molecule has 0 amide bonds. The molecule has 2 heteroatoms. The predicted octanol–water partition coefficient (Wildman–Crippen LogP) is 14.5. The number of hydrogen-bond acceptors (Lipinski definition) is 2. The highest BCUT2D eigenvalue weighted by Gasteiger charge is 2.43. The summed E-state index contributed by atoms with van der Waals surface area (Å²) in [4.78, 5) is 4.86. The van der Waals surface area contributed by atoms with Crippen molar-refractivity contribution in [3.8, 4) is 22.3 Å². The normalized spacial score (nSPS) is 14.2. The summed E-state index contributed by atoms with van der Waals surface area (Å²) in [7, 11) is 0. The molecule has 0 heterocycles. The molecule has 0 unspecified atom stereocenters. The van der Waals surface area contributed by atoms with Gasteiger partial charge in [0.05, 0.1) is 0 Å². The van der Waals surface area contributed by atoms with Crippen LogP contribution in [0.3, 0.4) is 0 Å². The van der Waals surface area contributed by atoms with Crippen molar-refractivity contribution in [1.82, 2.24) is 0 Å². The summed E-state index contributed by atoms with van der Waals surface area (Å²) in [6, 6.07) is 53.9. The molecular formula is C52H48N2. The molecule has 0 saturated heterocycles. The molecule has 0 atom stereocenters. The van der Waals surface area contributed by atoms with Crippen LogP contribution in [-0.4, -0.2) is 0 Å². The van der Waals surface area contributed by atoms with E-state index in [0.717, 1.165) is 0 Å². The standard InChI is InChI=1S/C52H48N2/c1-33-19-15-17-25-47(33)53(37-21-11-9-12-22-37)39-27-35(3)49-41-31-44-42(32-43(41)51(5,6)45(49)29-39)50-36(4)28-40(30-46(50)52(44,7)8)54(38-23-13-10-14-24-38)48-26-18-16-20-34(48)2/h9-32H,1-8H3. The van der Waals surface area contributed by atoms with Crippen molar-refractivity contribution < 1.29 is 0 Å². The predicted molar refractivity (Wildman–Crippen MR) is 230 cm³/mol. The van der Waals surface area contributed by atoms with Crippen LogP contribution in [0.15, 0.2) is 146 Å².